The van der Waals surface area contributed by atoms with Gasteiger partial charge in [-0.15, -0.1) is 0 Å². The number of carbonyl (C=O) groups is 1. The second kappa shape index (κ2) is 9.54. The van der Waals surface area contributed by atoms with Crippen molar-refractivity contribution in [1.29, 1.82) is 5.26 Å². The first-order chi connectivity index (χ1) is 14.8. The Labute approximate surface area is 184 Å². The number of halogens is 2. The molecule has 2 aromatic rings. The lowest BCUT2D eigenvalue weighted by Gasteiger charge is -2.28. The number of ether oxygens (including phenoxy) is 3. The van der Waals surface area contributed by atoms with E-state index in [1.165, 1.54) is 12.1 Å². The molecule has 1 atom stereocenters. The number of nitrogens with zero attached hydrogens (tertiary/aromatic N) is 1. The van der Waals surface area contributed by atoms with E-state index in [4.69, 9.17) is 31.5 Å². The molecule has 1 aliphatic heterocycles. The molecule has 2 N–H and O–H groups in total. The van der Waals surface area contributed by atoms with Crippen LogP contribution in [-0.4, -0.2) is 12.6 Å². The van der Waals surface area contributed by atoms with E-state index in [-0.39, 0.29) is 41.8 Å². The fourth-order valence-corrected chi connectivity index (χ4v) is 3.51. The predicted octanol–water partition coefficient (Wildman–Crippen LogP) is 4.70. The third-order valence-electron chi connectivity index (χ3n) is 4.67. The molecule has 6 nitrogen and oxygen atoms in total. The number of rotatable bonds is 6. The Balaban J connectivity index is 2.08. The van der Waals surface area contributed by atoms with E-state index in [2.05, 4.69) is 0 Å². The fourth-order valence-electron chi connectivity index (χ4n) is 3.33. The summed E-state index contributed by atoms with van der Waals surface area (Å²) in [5, 5.41) is 10.1. The summed E-state index contributed by atoms with van der Waals surface area (Å²) in [5.74, 6) is -1.46. The minimum Gasteiger partial charge on any atom is -0.489 e. The van der Waals surface area contributed by atoms with E-state index in [0.29, 0.717) is 21.9 Å². The largest absolute Gasteiger partial charge is 0.489 e. The zero-order valence-electron chi connectivity index (χ0n) is 16.9. The van der Waals surface area contributed by atoms with Gasteiger partial charge in [-0.1, -0.05) is 23.7 Å². The fraction of sp³-hybridized carbons (Fsp3) is 0.217. The molecule has 1 aliphatic rings. The van der Waals surface area contributed by atoms with Crippen molar-refractivity contribution in [2.45, 2.75) is 26.4 Å². The lowest BCUT2D eigenvalue weighted by molar-refractivity contribution is -0.139. The minimum absolute atomic E-state index is 0.0338. The molecule has 0 saturated heterocycles. The van der Waals surface area contributed by atoms with Crippen LogP contribution in [0, 0.1) is 17.1 Å². The highest BCUT2D eigenvalue weighted by atomic mass is 35.5. The predicted molar refractivity (Wildman–Crippen MR) is 112 cm³/mol. The van der Waals surface area contributed by atoms with Crippen LogP contribution in [0.15, 0.2) is 65.3 Å². The number of benzene rings is 2. The van der Waals surface area contributed by atoms with Crippen LogP contribution in [0.5, 0.6) is 5.75 Å². The van der Waals surface area contributed by atoms with Crippen LogP contribution in [0.25, 0.3) is 0 Å². The van der Waals surface area contributed by atoms with Gasteiger partial charge in [-0.25, -0.2) is 9.18 Å². The van der Waals surface area contributed by atoms with E-state index in [9.17, 15) is 14.4 Å². The lowest BCUT2D eigenvalue weighted by atomic mass is 9.82. The Morgan fingerprint density at radius 3 is 2.77 bits per heavy atom. The van der Waals surface area contributed by atoms with Crippen molar-refractivity contribution < 1.29 is 23.4 Å². The Hall–Kier alpha value is -3.50. The maximum Gasteiger partial charge on any atom is 0.338 e. The first-order valence-corrected chi connectivity index (χ1v) is 9.85. The lowest BCUT2D eigenvalue weighted by Crippen LogP contribution is -2.26. The average Bonchev–Trinajstić information content (AvgIpc) is 2.72. The van der Waals surface area contributed by atoms with Gasteiger partial charge in [0.25, 0.3) is 0 Å². The van der Waals surface area contributed by atoms with Gasteiger partial charge in [0.05, 0.1) is 18.1 Å². The van der Waals surface area contributed by atoms with Crippen LogP contribution in [-0.2, 0) is 20.9 Å². The van der Waals surface area contributed by atoms with Crippen LogP contribution in [0.1, 0.15) is 30.9 Å². The summed E-state index contributed by atoms with van der Waals surface area (Å²) in [5.41, 5.74) is 7.16. The van der Waals surface area contributed by atoms with E-state index in [1.54, 1.807) is 44.2 Å². The summed E-state index contributed by atoms with van der Waals surface area (Å²) in [6.45, 7) is 3.45. The van der Waals surface area contributed by atoms with Gasteiger partial charge in [0.15, 0.2) is 0 Å². The highest BCUT2D eigenvalue weighted by Crippen LogP contribution is 2.44. The number of esters is 1. The van der Waals surface area contributed by atoms with E-state index in [0.717, 1.165) is 0 Å². The number of carbonyl (C=O) groups excluding carboxylic acids is 1. The molecular weight excluding hydrogens is 423 g/mol. The zero-order valence-corrected chi connectivity index (χ0v) is 17.7. The molecule has 8 heteroatoms. The normalized spacial score (nSPS) is 15.9. The van der Waals surface area contributed by atoms with Gasteiger partial charge in [-0.3, -0.25) is 0 Å². The molecule has 0 aliphatic carbocycles. The van der Waals surface area contributed by atoms with Crippen molar-refractivity contribution >= 4 is 17.6 Å². The first-order valence-electron chi connectivity index (χ1n) is 9.47. The molecule has 3 rings (SSSR count). The number of nitriles is 1. The van der Waals surface area contributed by atoms with Crippen molar-refractivity contribution in [3.05, 3.63) is 87.2 Å². The Bertz CT molecular complexity index is 1120. The smallest absolute Gasteiger partial charge is 0.338 e. The molecule has 1 heterocycles. The summed E-state index contributed by atoms with van der Waals surface area (Å²) in [6, 6.07) is 12.8. The molecular formula is C23H20ClFN2O4. The van der Waals surface area contributed by atoms with Gasteiger partial charge < -0.3 is 19.9 Å². The Kier molecular flexibility index (Phi) is 6.83. The van der Waals surface area contributed by atoms with Crippen molar-refractivity contribution in [2.75, 3.05) is 6.61 Å². The number of hydrogen-bond acceptors (Lipinski definition) is 6. The standard InChI is InChI=1S/C23H20ClFN2O4/c1-3-29-23(28)20-13(2)31-22(27)18(11-26)21(20)17-10-15(24)7-8-19(17)30-12-14-5-4-6-16(25)9-14/h4-10,21H,3,12,27H2,1-2H3. The van der Waals surface area contributed by atoms with Gasteiger partial charge in [0.2, 0.25) is 5.88 Å². The molecule has 31 heavy (non-hydrogen) atoms. The van der Waals surface area contributed by atoms with E-state index in [1.807, 2.05) is 6.07 Å². The summed E-state index contributed by atoms with van der Waals surface area (Å²) < 4.78 is 30.0. The molecule has 0 radical (unpaired) electrons. The molecule has 0 fully saturated rings. The van der Waals surface area contributed by atoms with Crippen LogP contribution >= 0.6 is 11.6 Å². The van der Waals surface area contributed by atoms with Crippen LogP contribution in [0.4, 0.5) is 4.39 Å². The quantitative estimate of drug-likeness (QED) is 0.651. The monoisotopic (exact) mass is 442 g/mol. The molecule has 0 spiro atoms. The van der Waals surface area contributed by atoms with Gasteiger partial charge in [-0.2, -0.15) is 5.26 Å². The number of allylic oxidation sites excluding steroid dienone is 2. The van der Waals surface area contributed by atoms with E-state index < -0.39 is 11.9 Å². The van der Waals surface area contributed by atoms with Crippen molar-refractivity contribution in [1.82, 2.24) is 0 Å². The zero-order chi connectivity index (χ0) is 22.5. The summed E-state index contributed by atoms with van der Waals surface area (Å²) in [7, 11) is 0. The van der Waals surface area contributed by atoms with Crippen LogP contribution in [0.3, 0.4) is 0 Å². The van der Waals surface area contributed by atoms with Crippen LogP contribution < -0.4 is 10.5 Å². The minimum atomic E-state index is -0.904. The topological polar surface area (TPSA) is 94.6 Å². The second-order valence-electron chi connectivity index (χ2n) is 6.72. The number of nitrogens with two attached hydrogens (primary N) is 1. The van der Waals surface area contributed by atoms with Crippen molar-refractivity contribution in [3.8, 4) is 11.8 Å². The average molecular weight is 443 g/mol. The molecule has 0 saturated carbocycles. The van der Waals surface area contributed by atoms with Gasteiger partial charge in [-0.05, 0) is 49.7 Å². The maximum atomic E-state index is 13.5. The SMILES string of the molecule is CCOC(=O)C1=C(C)OC(N)=C(C#N)C1c1cc(Cl)ccc1OCc1cccc(F)c1. The second-order valence-corrected chi connectivity index (χ2v) is 7.15. The first kappa shape index (κ1) is 22.2. The number of hydrogen-bond donors (Lipinski definition) is 1. The molecule has 1 unspecified atom stereocenters. The molecule has 160 valence electrons. The summed E-state index contributed by atoms with van der Waals surface area (Å²) >= 11 is 6.23. The summed E-state index contributed by atoms with van der Waals surface area (Å²) in [4.78, 5) is 12.7. The summed E-state index contributed by atoms with van der Waals surface area (Å²) in [6.07, 6.45) is 0. The van der Waals surface area contributed by atoms with Gasteiger partial charge in [0.1, 0.15) is 35.6 Å². The molecule has 0 bridgehead atoms. The van der Waals surface area contributed by atoms with Crippen molar-refractivity contribution in [2.24, 2.45) is 5.73 Å². The highest BCUT2D eigenvalue weighted by molar-refractivity contribution is 6.30. The Morgan fingerprint density at radius 2 is 2.10 bits per heavy atom. The molecule has 2 aromatic carbocycles. The highest BCUT2D eigenvalue weighted by Gasteiger charge is 2.38. The van der Waals surface area contributed by atoms with Gasteiger partial charge >= 0.3 is 5.97 Å². The molecule has 0 amide bonds. The Morgan fingerprint density at radius 1 is 1.32 bits per heavy atom. The van der Waals surface area contributed by atoms with Crippen molar-refractivity contribution in [3.63, 3.8) is 0 Å². The molecule has 0 aromatic heterocycles. The third kappa shape index (κ3) is 4.81. The van der Waals surface area contributed by atoms with E-state index >= 15 is 0 Å². The maximum absolute atomic E-state index is 13.5. The van der Waals surface area contributed by atoms with Gasteiger partial charge in [0, 0.05) is 10.6 Å². The third-order valence-corrected chi connectivity index (χ3v) is 4.90. The van der Waals surface area contributed by atoms with Crippen LogP contribution in [0.2, 0.25) is 5.02 Å².